The Labute approximate surface area is 162 Å². The molecule has 2 heterocycles. The SMILES string of the molecule is O=C(NC[C@H](O)C(=O)O)c1ccc(N2CCC[C@H](Nc3ncccn3)C2)cc1. The minimum absolute atomic E-state index is 0.233. The molecule has 148 valence electrons. The van der Waals surface area contributed by atoms with E-state index in [0.29, 0.717) is 11.5 Å². The summed E-state index contributed by atoms with van der Waals surface area (Å²) in [6.07, 6.45) is 3.85. The van der Waals surface area contributed by atoms with Crippen molar-refractivity contribution in [1.29, 1.82) is 0 Å². The number of amides is 1. The lowest BCUT2D eigenvalue weighted by Crippen LogP contribution is -2.42. The van der Waals surface area contributed by atoms with E-state index in [9.17, 15) is 14.7 Å². The zero-order chi connectivity index (χ0) is 19.9. The third kappa shape index (κ3) is 5.17. The summed E-state index contributed by atoms with van der Waals surface area (Å²) in [6, 6.07) is 9.12. The Morgan fingerprint density at radius 1 is 1.21 bits per heavy atom. The van der Waals surface area contributed by atoms with Gasteiger partial charge in [0.25, 0.3) is 5.91 Å². The number of aliphatic carboxylic acids is 1. The molecule has 0 unspecified atom stereocenters. The Morgan fingerprint density at radius 3 is 2.61 bits per heavy atom. The maximum Gasteiger partial charge on any atom is 0.334 e. The molecule has 0 spiro atoms. The highest BCUT2D eigenvalue weighted by Crippen LogP contribution is 2.21. The van der Waals surface area contributed by atoms with Crippen LogP contribution in [0.5, 0.6) is 0 Å². The molecule has 2 atom stereocenters. The van der Waals surface area contributed by atoms with Crippen molar-refractivity contribution in [3.63, 3.8) is 0 Å². The highest BCUT2D eigenvalue weighted by molar-refractivity contribution is 5.94. The zero-order valence-electron chi connectivity index (χ0n) is 15.3. The van der Waals surface area contributed by atoms with Crippen LogP contribution >= 0.6 is 0 Å². The lowest BCUT2D eigenvalue weighted by molar-refractivity contribution is -0.146. The number of carbonyl (C=O) groups excluding carboxylic acids is 1. The second kappa shape index (κ2) is 9.14. The molecule has 1 aliphatic heterocycles. The van der Waals surface area contributed by atoms with Crippen molar-refractivity contribution in [3.05, 3.63) is 48.3 Å². The Kier molecular flexibility index (Phi) is 6.38. The number of carbonyl (C=O) groups is 2. The lowest BCUT2D eigenvalue weighted by Gasteiger charge is -2.34. The van der Waals surface area contributed by atoms with Gasteiger partial charge in [-0.25, -0.2) is 14.8 Å². The summed E-state index contributed by atoms with van der Waals surface area (Å²) in [5, 5.41) is 23.6. The van der Waals surface area contributed by atoms with Crippen molar-refractivity contribution in [1.82, 2.24) is 15.3 Å². The molecule has 1 aromatic heterocycles. The fourth-order valence-corrected chi connectivity index (χ4v) is 3.09. The minimum atomic E-state index is -1.62. The van der Waals surface area contributed by atoms with E-state index in [1.165, 1.54) is 0 Å². The maximum atomic E-state index is 12.1. The first-order chi connectivity index (χ1) is 13.5. The Bertz CT molecular complexity index is 800. The summed E-state index contributed by atoms with van der Waals surface area (Å²) in [4.78, 5) is 33.3. The van der Waals surface area contributed by atoms with Gasteiger partial charge in [0.1, 0.15) is 0 Å². The molecule has 1 saturated heterocycles. The number of aliphatic hydroxyl groups excluding tert-OH is 1. The third-order valence-electron chi connectivity index (χ3n) is 4.56. The number of anilines is 2. The Morgan fingerprint density at radius 2 is 1.93 bits per heavy atom. The molecular weight excluding hydrogens is 362 g/mol. The van der Waals surface area contributed by atoms with E-state index in [-0.39, 0.29) is 12.6 Å². The molecule has 2 aromatic rings. The molecule has 9 heteroatoms. The highest BCUT2D eigenvalue weighted by atomic mass is 16.4. The highest BCUT2D eigenvalue weighted by Gasteiger charge is 2.21. The summed E-state index contributed by atoms with van der Waals surface area (Å²) in [6.45, 7) is 1.38. The number of carboxylic acid groups (broad SMARTS) is 1. The van der Waals surface area contributed by atoms with E-state index in [0.717, 1.165) is 31.6 Å². The summed E-state index contributed by atoms with van der Waals surface area (Å²) in [5.41, 5.74) is 1.41. The topological polar surface area (TPSA) is 128 Å². The zero-order valence-corrected chi connectivity index (χ0v) is 15.3. The summed E-state index contributed by atoms with van der Waals surface area (Å²) < 4.78 is 0. The van der Waals surface area contributed by atoms with Crippen LogP contribution in [0.25, 0.3) is 0 Å². The van der Waals surface area contributed by atoms with Gasteiger partial charge in [-0.1, -0.05) is 0 Å². The number of rotatable bonds is 7. The summed E-state index contributed by atoms with van der Waals surface area (Å²) >= 11 is 0. The van der Waals surface area contributed by atoms with Crippen molar-refractivity contribution in [2.45, 2.75) is 25.0 Å². The molecular formula is C19H23N5O4. The van der Waals surface area contributed by atoms with Gasteiger partial charge in [0.15, 0.2) is 6.10 Å². The number of aliphatic hydroxyl groups is 1. The molecule has 28 heavy (non-hydrogen) atoms. The molecule has 0 saturated carbocycles. The predicted molar refractivity (Wildman–Crippen MR) is 103 cm³/mol. The molecule has 9 nitrogen and oxygen atoms in total. The standard InChI is InChI=1S/C19H23N5O4/c25-16(18(27)28)11-22-17(26)13-4-6-15(7-5-13)24-10-1-3-14(12-24)23-19-20-8-2-9-21-19/h2,4-9,14,16,25H,1,3,10-12H2,(H,22,26)(H,27,28)(H,20,21,23)/t14-,16-/m0/s1. The van der Waals surface area contributed by atoms with Gasteiger partial charge in [-0.3, -0.25) is 4.79 Å². The van der Waals surface area contributed by atoms with Crippen LogP contribution in [-0.4, -0.2) is 63.8 Å². The molecule has 4 N–H and O–H groups in total. The van der Waals surface area contributed by atoms with Gasteiger partial charge in [-0.2, -0.15) is 0 Å². The summed E-state index contributed by atoms with van der Waals surface area (Å²) in [7, 11) is 0. The van der Waals surface area contributed by atoms with Crippen LogP contribution in [0, 0.1) is 0 Å². The smallest absolute Gasteiger partial charge is 0.334 e. The fraction of sp³-hybridized carbons (Fsp3) is 0.368. The lowest BCUT2D eigenvalue weighted by atomic mass is 10.0. The van der Waals surface area contributed by atoms with Gasteiger partial charge < -0.3 is 25.7 Å². The monoisotopic (exact) mass is 385 g/mol. The number of hydrogen-bond acceptors (Lipinski definition) is 7. The molecule has 1 amide bonds. The quantitative estimate of drug-likeness (QED) is 0.549. The third-order valence-corrected chi connectivity index (χ3v) is 4.56. The largest absolute Gasteiger partial charge is 0.479 e. The molecule has 3 rings (SSSR count). The number of carboxylic acids is 1. The fourth-order valence-electron chi connectivity index (χ4n) is 3.09. The van der Waals surface area contributed by atoms with Crippen molar-refractivity contribution >= 4 is 23.5 Å². The predicted octanol–water partition coefficient (Wildman–Crippen LogP) is 0.733. The van der Waals surface area contributed by atoms with Crippen LogP contribution in [0.2, 0.25) is 0 Å². The van der Waals surface area contributed by atoms with Gasteiger partial charge in [0, 0.05) is 42.8 Å². The molecule has 0 aliphatic carbocycles. The molecule has 0 radical (unpaired) electrons. The van der Waals surface area contributed by atoms with Gasteiger partial charge in [0.2, 0.25) is 5.95 Å². The Balaban J connectivity index is 1.56. The summed E-state index contributed by atoms with van der Waals surface area (Å²) in [5.74, 6) is -1.18. The van der Waals surface area contributed by atoms with Crippen LogP contribution in [0.4, 0.5) is 11.6 Å². The van der Waals surface area contributed by atoms with Crippen LogP contribution in [0.3, 0.4) is 0 Å². The normalized spacial score (nSPS) is 17.6. The van der Waals surface area contributed by atoms with Crippen molar-refractivity contribution in [3.8, 4) is 0 Å². The molecule has 0 bridgehead atoms. The van der Waals surface area contributed by atoms with Gasteiger partial charge in [-0.05, 0) is 43.2 Å². The van der Waals surface area contributed by atoms with Crippen molar-refractivity contribution in [2.24, 2.45) is 0 Å². The maximum absolute atomic E-state index is 12.1. The number of piperidine rings is 1. The molecule has 1 fully saturated rings. The van der Waals surface area contributed by atoms with Crippen LogP contribution < -0.4 is 15.5 Å². The number of hydrogen-bond donors (Lipinski definition) is 4. The minimum Gasteiger partial charge on any atom is -0.479 e. The van der Waals surface area contributed by atoms with Crippen LogP contribution in [0.1, 0.15) is 23.2 Å². The first kappa shape index (κ1) is 19.6. The number of aromatic nitrogens is 2. The van der Waals surface area contributed by atoms with E-state index >= 15 is 0 Å². The van der Waals surface area contributed by atoms with Crippen LogP contribution in [-0.2, 0) is 4.79 Å². The number of benzene rings is 1. The van der Waals surface area contributed by atoms with Crippen LogP contribution in [0.15, 0.2) is 42.7 Å². The van der Waals surface area contributed by atoms with E-state index in [2.05, 4.69) is 25.5 Å². The van der Waals surface area contributed by atoms with Gasteiger partial charge in [0.05, 0.1) is 6.54 Å². The van der Waals surface area contributed by atoms with Gasteiger partial charge in [-0.15, -0.1) is 0 Å². The second-order valence-electron chi connectivity index (χ2n) is 6.61. The van der Waals surface area contributed by atoms with Crippen molar-refractivity contribution < 1.29 is 19.8 Å². The molecule has 1 aliphatic rings. The molecule has 1 aromatic carbocycles. The van der Waals surface area contributed by atoms with Gasteiger partial charge >= 0.3 is 5.97 Å². The van der Waals surface area contributed by atoms with E-state index in [1.54, 1.807) is 30.6 Å². The Hall–Kier alpha value is -3.20. The second-order valence-corrected chi connectivity index (χ2v) is 6.61. The average molecular weight is 385 g/mol. The number of nitrogens with zero attached hydrogens (tertiary/aromatic N) is 3. The first-order valence-corrected chi connectivity index (χ1v) is 9.10. The van der Waals surface area contributed by atoms with E-state index in [4.69, 9.17) is 5.11 Å². The van der Waals surface area contributed by atoms with E-state index in [1.807, 2.05) is 12.1 Å². The first-order valence-electron chi connectivity index (χ1n) is 9.10. The average Bonchev–Trinajstić information content (AvgIpc) is 2.72. The van der Waals surface area contributed by atoms with Crippen molar-refractivity contribution in [2.75, 3.05) is 29.9 Å². The number of nitrogens with one attached hydrogen (secondary N) is 2. The van der Waals surface area contributed by atoms with E-state index < -0.39 is 18.0 Å².